The molecule has 0 fully saturated rings. The Kier molecular flexibility index (Phi) is 10.7. The average Bonchev–Trinajstić information content (AvgIpc) is 2.79. The van der Waals surface area contributed by atoms with E-state index in [1.54, 1.807) is 30.3 Å². The number of carbonyl (C=O) groups is 4. The number of rotatable bonds is 11. The Morgan fingerprint density at radius 2 is 1.48 bits per heavy atom. The van der Waals surface area contributed by atoms with Gasteiger partial charge in [-0.05, 0) is 55.3 Å². The van der Waals surface area contributed by atoms with Gasteiger partial charge in [0.15, 0.2) is 6.61 Å². The highest BCUT2D eigenvalue weighted by molar-refractivity contribution is 6.42. The van der Waals surface area contributed by atoms with Crippen LogP contribution < -0.4 is 10.6 Å². The molecule has 0 heterocycles. The van der Waals surface area contributed by atoms with Gasteiger partial charge in [0, 0.05) is 24.2 Å². The van der Waals surface area contributed by atoms with Gasteiger partial charge in [0.05, 0.1) is 22.2 Å². The van der Waals surface area contributed by atoms with Crippen LogP contribution in [-0.4, -0.2) is 37.0 Å². The van der Waals surface area contributed by atoms with Gasteiger partial charge in [-0.3, -0.25) is 14.4 Å². The fourth-order valence-corrected chi connectivity index (χ4v) is 2.87. The summed E-state index contributed by atoms with van der Waals surface area (Å²) in [6.07, 6.45) is 1.06. The zero-order valence-electron chi connectivity index (χ0n) is 18.0. The Labute approximate surface area is 201 Å². The van der Waals surface area contributed by atoms with Crippen molar-refractivity contribution < 1.29 is 28.7 Å². The van der Waals surface area contributed by atoms with E-state index in [1.165, 1.54) is 12.1 Å². The Balaban J connectivity index is 1.65. The molecule has 0 aliphatic carbocycles. The minimum absolute atomic E-state index is 0.0182. The lowest BCUT2D eigenvalue weighted by Gasteiger charge is -2.08. The van der Waals surface area contributed by atoms with Crippen LogP contribution in [0.3, 0.4) is 0 Å². The molecule has 0 radical (unpaired) electrons. The third kappa shape index (κ3) is 9.51. The molecule has 2 rings (SSSR count). The van der Waals surface area contributed by atoms with Crippen LogP contribution in [0, 0.1) is 0 Å². The number of ether oxygens (including phenoxy) is 2. The SMILES string of the molecule is CCCOC(=O)c1ccc(NC(=O)CCCC(=O)OCC(=O)Nc2ccc(Cl)c(Cl)c2)cc1. The number of benzene rings is 2. The van der Waals surface area contributed by atoms with Crippen molar-refractivity contribution in [3.05, 3.63) is 58.1 Å². The first kappa shape index (κ1) is 26.2. The topological polar surface area (TPSA) is 111 Å². The highest BCUT2D eigenvalue weighted by Gasteiger charge is 2.11. The number of amides is 2. The molecule has 2 N–H and O–H groups in total. The van der Waals surface area contributed by atoms with E-state index >= 15 is 0 Å². The van der Waals surface area contributed by atoms with Gasteiger partial charge in [0.1, 0.15) is 0 Å². The number of hydrogen-bond acceptors (Lipinski definition) is 6. The molecule has 0 aliphatic heterocycles. The zero-order chi connectivity index (χ0) is 24.2. The first-order chi connectivity index (χ1) is 15.8. The smallest absolute Gasteiger partial charge is 0.338 e. The Morgan fingerprint density at radius 3 is 2.15 bits per heavy atom. The molecule has 0 saturated heterocycles. The molecule has 2 aromatic carbocycles. The minimum atomic E-state index is -0.595. The number of anilines is 2. The molecule has 0 unspecified atom stereocenters. The normalized spacial score (nSPS) is 10.3. The van der Waals surface area contributed by atoms with Crippen LogP contribution >= 0.6 is 23.2 Å². The second kappa shape index (κ2) is 13.4. The summed E-state index contributed by atoms with van der Waals surface area (Å²) in [5.74, 6) is -1.83. The van der Waals surface area contributed by atoms with Crippen molar-refractivity contribution in [2.24, 2.45) is 0 Å². The molecule has 0 spiro atoms. The lowest BCUT2D eigenvalue weighted by molar-refractivity contribution is -0.147. The molecule has 0 saturated carbocycles. The van der Waals surface area contributed by atoms with Crippen LogP contribution in [0.25, 0.3) is 0 Å². The van der Waals surface area contributed by atoms with Gasteiger partial charge in [-0.1, -0.05) is 30.1 Å². The summed E-state index contributed by atoms with van der Waals surface area (Å²) < 4.78 is 9.95. The van der Waals surface area contributed by atoms with Gasteiger partial charge < -0.3 is 20.1 Å². The molecule has 33 heavy (non-hydrogen) atoms. The second-order valence-electron chi connectivity index (χ2n) is 6.95. The molecule has 0 atom stereocenters. The maximum Gasteiger partial charge on any atom is 0.338 e. The summed E-state index contributed by atoms with van der Waals surface area (Å²) in [5, 5.41) is 5.86. The van der Waals surface area contributed by atoms with E-state index in [2.05, 4.69) is 10.6 Å². The van der Waals surface area contributed by atoms with Crippen molar-refractivity contribution >= 4 is 58.3 Å². The Bertz CT molecular complexity index is 995. The quantitative estimate of drug-likeness (QED) is 0.431. The molecule has 176 valence electrons. The Hall–Kier alpha value is -3.10. The van der Waals surface area contributed by atoms with Crippen molar-refractivity contribution in [1.82, 2.24) is 0 Å². The van der Waals surface area contributed by atoms with E-state index in [4.69, 9.17) is 32.7 Å². The van der Waals surface area contributed by atoms with Gasteiger partial charge in [-0.25, -0.2) is 4.79 Å². The van der Waals surface area contributed by atoms with Crippen molar-refractivity contribution in [3.63, 3.8) is 0 Å². The van der Waals surface area contributed by atoms with Crippen molar-refractivity contribution in [3.8, 4) is 0 Å². The van der Waals surface area contributed by atoms with Gasteiger partial charge in [0.25, 0.3) is 5.91 Å². The number of carbonyl (C=O) groups excluding carboxylic acids is 4. The van der Waals surface area contributed by atoms with E-state index < -0.39 is 24.5 Å². The summed E-state index contributed by atoms with van der Waals surface area (Å²) in [6, 6.07) is 10.9. The average molecular weight is 495 g/mol. The molecule has 10 heteroatoms. The fraction of sp³-hybridized carbons (Fsp3) is 0.304. The van der Waals surface area contributed by atoms with Crippen LogP contribution in [0.1, 0.15) is 43.0 Å². The van der Waals surface area contributed by atoms with E-state index in [0.717, 1.165) is 6.42 Å². The molecule has 2 aromatic rings. The Morgan fingerprint density at radius 1 is 0.818 bits per heavy atom. The molecule has 0 aliphatic rings. The number of halogens is 2. The summed E-state index contributed by atoms with van der Waals surface area (Å²) in [6.45, 7) is 1.79. The zero-order valence-corrected chi connectivity index (χ0v) is 19.5. The van der Waals surface area contributed by atoms with Gasteiger partial charge in [-0.2, -0.15) is 0 Å². The van der Waals surface area contributed by atoms with Crippen molar-refractivity contribution in [2.75, 3.05) is 23.8 Å². The molecular weight excluding hydrogens is 471 g/mol. The van der Waals surface area contributed by atoms with E-state index in [0.29, 0.717) is 28.6 Å². The molecular formula is C23H24Cl2N2O6. The van der Waals surface area contributed by atoms with Crippen LogP contribution in [-0.2, 0) is 23.9 Å². The first-order valence-electron chi connectivity index (χ1n) is 10.3. The molecule has 0 bridgehead atoms. The summed E-state index contributed by atoms with van der Waals surface area (Å²) in [7, 11) is 0. The number of nitrogens with one attached hydrogen (secondary N) is 2. The molecule has 8 nitrogen and oxygen atoms in total. The predicted molar refractivity (Wildman–Crippen MR) is 126 cm³/mol. The lowest BCUT2D eigenvalue weighted by Crippen LogP contribution is -2.21. The van der Waals surface area contributed by atoms with E-state index in [1.807, 2.05) is 6.92 Å². The predicted octanol–water partition coefficient (Wildman–Crippen LogP) is 4.85. The highest BCUT2D eigenvalue weighted by Crippen LogP contribution is 2.24. The monoisotopic (exact) mass is 494 g/mol. The fourth-order valence-electron chi connectivity index (χ4n) is 2.57. The second-order valence-corrected chi connectivity index (χ2v) is 7.77. The highest BCUT2D eigenvalue weighted by atomic mass is 35.5. The van der Waals surface area contributed by atoms with E-state index in [-0.39, 0.29) is 30.2 Å². The van der Waals surface area contributed by atoms with Crippen LogP contribution in [0.15, 0.2) is 42.5 Å². The van der Waals surface area contributed by atoms with Crippen molar-refractivity contribution in [1.29, 1.82) is 0 Å². The van der Waals surface area contributed by atoms with Crippen LogP contribution in [0.4, 0.5) is 11.4 Å². The van der Waals surface area contributed by atoms with Crippen LogP contribution in [0.5, 0.6) is 0 Å². The largest absolute Gasteiger partial charge is 0.462 e. The van der Waals surface area contributed by atoms with Gasteiger partial charge in [-0.15, -0.1) is 0 Å². The number of esters is 2. The minimum Gasteiger partial charge on any atom is -0.462 e. The van der Waals surface area contributed by atoms with Gasteiger partial charge in [0.2, 0.25) is 5.91 Å². The summed E-state index contributed by atoms with van der Waals surface area (Å²) in [4.78, 5) is 47.5. The van der Waals surface area contributed by atoms with E-state index in [9.17, 15) is 19.2 Å². The maximum absolute atomic E-state index is 12.0. The first-order valence-corrected chi connectivity index (χ1v) is 11.0. The molecule has 0 aromatic heterocycles. The standard InChI is InChI=1S/C23H24Cl2N2O6/c1-2-12-32-23(31)15-6-8-16(9-7-15)26-20(28)4-3-5-22(30)33-14-21(29)27-17-10-11-18(24)19(25)13-17/h6-11,13H,2-5,12,14H2,1H3,(H,26,28)(H,27,29). The molecule has 2 amide bonds. The van der Waals surface area contributed by atoms with Crippen molar-refractivity contribution in [2.45, 2.75) is 32.6 Å². The van der Waals surface area contributed by atoms with Crippen LogP contribution in [0.2, 0.25) is 10.0 Å². The summed E-state index contributed by atoms with van der Waals surface area (Å²) >= 11 is 11.7. The number of hydrogen-bond donors (Lipinski definition) is 2. The lowest BCUT2D eigenvalue weighted by atomic mass is 10.2. The maximum atomic E-state index is 12.0. The van der Waals surface area contributed by atoms with Gasteiger partial charge >= 0.3 is 11.9 Å². The third-order valence-corrected chi connectivity index (χ3v) is 4.93. The summed E-state index contributed by atoms with van der Waals surface area (Å²) in [5.41, 5.74) is 1.34. The third-order valence-electron chi connectivity index (χ3n) is 4.19.